The van der Waals surface area contributed by atoms with E-state index in [0.717, 1.165) is 6.42 Å². The zero-order chi connectivity index (χ0) is 15.2. The minimum Gasteiger partial charge on any atom is -0.478 e. The lowest BCUT2D eigenvalue weighted by molar-refractivity contribution is -0.151. The van der Waals surface area contributed by atoms with Gasteiger partial charge >= 0.3 is 5.97 Å². The van der Waals surface area contributed by atoms with Gasteiger partial charge in [-0.1, -0.05) is 13.3 Å². The summed E-state index contributed by atoms with van der Waals surface area (Å²) in [7, 11) is 0. The number of carbonyl (C=O) groups excluding carboxylic acids is 2. The lowest BCUT2D eigenvalue weighted by Crippen LogP contribution is -2.29. The van der Waals surface area contributed by atoms with Gasteiger partial charge in [-0.15, -0.1) is 0 Å². The van der Waals surface area contributed by atoms with E-state index in [4.69, 9.17) is 18.9 Å². The number of hydrogen-bond donors (Lipinski definition) is 0. The maximum Gasteiger partial charge on any atom is 0.347 e. The van der Waals surface area contributed by atoms with Crippen LogP contribution in [0.4, 0.5) is 0 Å². The lowest BCUT2D eigenvalue weighted by Gasteiger charge is -2.18. The Morgan fingerprint density at radius 1 is 1.33 bits per heavy atom. The summed E-state index contributed by atoms with van der Waals surface area (Å²) in [6.45, 7) is 4.06. The van der Waals surface area contributed by atoms with Crippen LogP contribution in [0.2, 0.25) is 0 Å². The van der Waals surface area contributed by atoms with Gasteiger partial charge < -0.3 is 18.9 Å². The van der Waals surface area contributed by atoms with Crippen molar-refractivity contribution in [3.8, 4) is 17.2 Å². The Morgan fingerprint density at radius 2 is 2.05 bits per heavy atom. The highest BCUT2D eigenvalue weighted by molar-refractivity contribution is 5.82. The third kappa shape index (κ3) is 3.45. The number of fused-ring (bicyclic) bond motifs is 1. The molecule has 2 rings (SSSR count). The summed E-state index contributed by atoms with van der Waals surface area (Å²) in [4.78, 5) is 23.0. The van der Waals surface area contributed by atoms with Crippen LogP contribution >= 0.6 is 0 Å². The average molecular weight is 294 g/mol. The molecule has 0 amide bonds. The van der Waals surface area contributed by atoms with E-state index >= 15 is 0 Å². The molecule has 1 aliphatic heterocycles. The molecule has 0 saturated heterocycles. The number of rotatable bonds is 7. The molecule has 1 aromatic carbocycles. The molecular weight excluding hydrogens is 276 g/mol. The summed E-state index contributed by atoms with van der Waals surface area (Å²) >= 11 is 0. The predicted octanol–water partition coefficient (Wildman–Crippen LogP) is 2.34. The highest BCUT2D eigenvalue weighted by Gasteiger charge is 2.24. The number of benzene rings is 1. The molecule has 0 bridgehead atoms. The smallest absolute Gasteiger partial charge is 0.347 e. The largest absolute Gasteiger partial charge is 0.478 e. The molecule has 0 fully saturated rings. The van der Waals surface area contributed by atoms with Crippen molar-refractivity contribution in [1.82, 2.24) is 0 Å². The van der Waals surface area contributed by atoms with Gasteiger partial charge in [0, 0.05) is 6.07 Å². The van der Waals surface area contributed by atoms with Gasteiger partial charge in [-0.3, -0.25) is 4.79 Å². The van der Waals surface area contributed by atoms with E-state index in [1.54, 1.807) is 19.1 Å². The van der Waals surface area contributed by atoms with Gasteiger partial charge in [0.25, 0.3) is 0 Å². The van der Waals surface area contributed by atoms with Gasteiger partial charge in [0.05, 0.1) is 12.2 Å². The first-order valence-corrected chi connectivity index (χ1v) is 6.91. The molecule has 1 atom stereocenters. The van der Waals surface area contributed by atoms with E-state index in [1.807, 2.05) is 6.92 Å². The van der Waals surface area contributed by atoms with Crippen molar-refractivity contribution >= 4 is 12.3 Å². The van der Waals surface area contributed by atoms with Crippen molar-refractivity contribution < 1.29 is 28.5 Å². The zero-order valence-electron chi connectivity index (χ0n) is 12.1. The summed E-state index contributed by atoms with van der Waals surface area (Å²) in [6.07, 6.45) is 1.18. The Morgan fingerprint density at radius 3 is 2.67 bits per heavy atom. The molecule has 0 aliphatic carbocycles. The molecule has 0 radical (unpaired) electrons. The topological polar surface area (TPSA) is 71.1 Å². The third-order valence-electron chi connectivity index (χ3n) is 3.00. The molecule has 1 unspecified atom stereocenters. The number of ether oxygens (including phenoxy) is 4. The first kappa shape index (κ1) is 15.2. The zero-order valence-corrected chi connectivity index (χ0v) is 12.1. The fourth-order valence-corrected chi connectivity index (χ4v) is 2.01. The first-order valence-electron chi connectivity index (χ1n) is 6.91. The molecular formula is C15H18O6. The Kier molecular flexibility index (Phi) is 5.03. The minimum absolute atomic E-state index is 0.105. The quantitative estimate of drug-likeness (QED) is 0.568. The van der Waals surface area contributed by atoms with Gasteiger partial charge in [-0.2, -0.15) is 0 Å². The van der Waals surface area contributed by atoms with Gasteiger partial charge in [-0.05, 0) is 19.4 Å². The van der Waals surface area contributed by atoms with E-state index in [1.165, 1.54) is 0 Å². The van der Waals surface area contributed by atoms with Crippen LogP contribution in [0.1, 0.15) is 37.0 Å². The number of aldehydes is 1. The van der Waals surface area contributed by atoms with Crippen LogP contribution in [0, 0.1) is 0 Å². The summed E-state index contributed by atoms with van der Waals surface area (Å²) in [5.74, 6) is 0.844. The maximum atomic E-state index is 11.9. The number of esters is 1. The van der Waals surface area contributed by atoms with Crippen LogP contribution < -0.4 is 14.2 Å². The van der Waals surface area contributed by atoms with Crippen molar-refractivity contribution in [3.05, 3.63) is 17.7 Å². The molecule has 6 nitrogen and oxygen atoms in total. The van der Waals surface area contributed by atoms with Crippen molar-refractivity contribution in [2.24, 2.45) is 0 Å². The molecule has 21 heavy (non-hydrogen) atoms. The fourth-order valence-electron chi connectivity index (χ4n) is 2.01. The highest BCUT2D eigenvalue weighted by atomic mass is 16.7. The Balaban J connectivity index is 2.23. The Hall–Kier alpha value is -2.24. The molecule has 6 heteroatoms. The van der Waals surface area contributed by atoms with Gasteiger partial charge in [0.15, 0.2) is 23.9 Å². The average Bonchev–Trinajstić information content (AvgIpc) is 2.93. The van der Waals surface area contributed by atoms with Crippen LogP contribution in [-0.2, 0) is 9.53 Å². The Labute approximate surface area is 122 Å². The molecule has 0 saturated carbocycles. The second-order valence-corrected chi connectivity index (χ2v) is 4.51. The van der Waals surface area contributed by atoms with Crippen molar-refractivity contribution in [1.29, 1.82) is 0 Å². The normalized spacial score (nSPS) is 13.6. The van der Waals surface area contributed by atoms with Crippen LogP contribution in [0.15, 0.2) is 12.1 Å². The van der Waals surface area contributed by atoms with Gasteiger partial charge in [0.2, 0.25) is 6.79 Å². The van der Waals surface area contributed by atoms with Crippen molar-refractivity contribution in [3.63, 3.8) is 0 Å². The summed E-state index contributed by atoms with van der Waals surface area (Å²) in [5, 5.41) is 0. The summed E-state index contributed by atoms with van der Waals surface area (Å²) in [6, 6.07) is 3.10. The van der Waals surface area contributed by atoms with Crippen LogP contribution in [0.3, 0.4) is 0 Å². The van der Waals surface area contributed by atoms with E-state index in [9.17, 15) is 9.59 Å². The number of hydrogen-bond acceptors (Lipinski definition) is 6. The lowest BCUT2D eigenvalue weighted by atomic mass is 10.1. The maximum absolute atomic E-state index is 11.9. The van der Waals surface area contributed by atoms with Crippen molar-refractivity contribution in [2.45, 2.75) is 32.8 Å². The minimum atomic E-state index is -0.742. The summed E-state index contributed by atoms with van der Waals surface area (Å²) < 4.78 is 21.1. The first-order chi connectivity index (χ1) is 10.2. The van der Waals surface area contributed by atoms with Gasteiger partial charge in [0.1, 0.15) is 5.75 Å². The van der Waals surface area contributed by atoms with E-state index in [2.05, 4.69) is 0 Å². The number of carbonyl (C=O) groups is 2. The summed E-state index contributed by atoms with van der Waals surface area (Å²) in [5.41, 5.74) is 0.310. The molecule has 114 valence electrons. The highest BCUT2D eigenvalue weighted by Crippen LogP contribution is 2.38. The standard InChI is InChI=1S/C15H18O6/c1-3-5-11(15(17)18-4-2)21-12-7-14-13(19-9-20-14)6-10(12)8-16/h6-8,11H,3-5,9H2,1-2H3. The van der Waals surface area contributed by atoms with Crippen LogP contribution in [-0.4, -0.2) is 31.8 Å². The molecule has 0 aromatic heterocycles. The van der Waals surface area contributed by atoms with Crippen LogP contribution in [0.5, 0.6) is 17.2 Å². The molecule has 0 spiro atoms. The van der Waals surface area contributed by atoms with E-state index in [-0.39, 0.29) is 13.4 Å². The second kappa shape index (κ2) is 6.97. The molecule has 1 heterocycles. The monoisotopic (exact) mass is 294 g/mol. The third-order valence-corrected chi connectivity index (χ3v) is 3.00. The van der Waals surface area contributed by atoms with Gasteiger partial charge in [-0.25, -0.2) is 4.79 Å². The van der Waals surface area contributed by atoms with Crippen molar-refractivity contribution in [2.75, 3.05) is 13.4 Å². The molecule has 0 N–H and O–H groups in total. The molecule has 1 aliphatic rings. The predicted molar refractivity (Wildman–Crippen MR) is 73.9 cm³/mol. The SMILES string of the molecule is CCCC(Oc1cc2c(cc1C=O)OCO2)C(=O)OCC. The molecule has 1 aromatic rings. The fraction of sp³-hybridized carbons (Fsp3) is 0.467. The Bertz CT molecular complexity index is 525. The van der Waals surface area contributed by atoms with E-state index < -0.39 is 12.1 Å². The van der Waals surface area contributed by atoms with E-state index in [0.29, 0.717) is 35.5 Å². The second-order valence-electron chi connectivity index (χ2n) is 4.51. The van der Waals surface area contributed by atoms with Crippen LogP contribution in [0.25, 0.3) is 0 Å².